The van der Waals surface area contributed by atoms with E-state index in [1.165, 1.54) is 5.56 Å². The fourth-order valence-corrected chi connectivity index (χ4v) is 2.00. The van der Waals surface area contributed by atoms with Crippen LogP contribution in [0.1, 0.15) is 18.9 Å². The lowest BCUT2D eigenvalue weighted by Gasteiger charge is -2.11. The number of aryl methyl sites for hydroxylation is 1. The minimum Gasteiger partial charge on any atom is -0.488 e. The van der Waals surface area contributed by atoms with E-state index in [-0.39, 0.29) is 0 Å². The van der Waals surface area contributed by atoms with Gasteiger partial charge in [0.1, 0.15) is 12.4 Å². The molecule has 0 aliphatic rings. The molecular formula is C14H20BrNO. The van der Waals surface area contributed by atoms with Gasteiger partial charge in [0.15, 0.2) is 0 Å². The molecule has 0 aliphatic heterocycles. The van der Waals surface area contributed by atoms with Crippen molar-refractivity contribution in [3.63, 3.8) is 0 Å². The Morgan fingerprint density at radius 2 is 2.24 bits per heavy atom. The maximum absolute atomic E-state index is 5.70. The van der Waals surface area contributed by atoms with E-state index in [0.29, 0.717) is 6.61 Å². The van der Waals surface area contributed by atoms with Crippen molar-refractivity contribution >= 4 is 15.9 Å². The standard InChI is InChI=1S/C14H20BrNO/c1-4-7-16-9-12(3)10-17-14-6-5-11(2)8-13(14)15/h5-6,8,16H,3-4,7,9-10H2,1-2H3. The Kier molecular flexibility index (Phi) is 6.30. The van der Waals surface area contributed by atoms with E-state index in [1.54, 1.807) is 0 Å². The minimum absolute atomic E-state index is 0.554. The predicted molar refractivity (Wildman–Crippen MR) is 76.7 cm³/mol. The van der Waals surface area contributed by atoms with Gasteiger partial charge in [-0.2, -0.15) is 0 Å². The van der Waals surface area contributed by atoms with Crippen LogP contribution in [0.2, 0.25) is 0 Å². The highest BCUT2D eigenvalue weighted by Gasteiger charge is 2.02. The van der Waals surface area contributed by atoms with E-state index < -0.39 is 0 Å². The van der Waals surface area contributed by atoms with Crippen molar-refractivity contribution in [2.24, 2.45) is 0 Å². The topological polar surface area (TPSA) is 21.3 Å². The number of hydrogen-bond acceptors (Lipinski definition) is 2. The average molecular weight is 298 g/mol. The molecular weight excluding hydrogens is 278 g/mol. The lowest BCUT2D eigenvalue weighted by atomic mass is 10.2. The Hall–Kier alpha value is -0.800. The predicted octanol–water partition coefficient (Wildman–Crippen LogP) is 3.69. The maximum Gasteiger partial charge on any atom is 0.133 e. The van der Waals surface area contributed by atoms with Crippen molar-refractivity contribution in [1.29, 1.82) is 0 Å². The quantitative estimate of drug-likeness (QED) is 0.612. The van der Waals surface area contributed by atoms with Crippen LogP contribution in [0.5, 0.6) is 5.75 Å². The van der Waals surface area contributed by atoms with E-state index in [9.17, 15) is 0 Å². The Morgan fingerprint density at radius 3 is 2.88 bits per heavy atom. The van der Waals surface area contributed by atoms with Crippen LogP contribution in [-0.4, -0.2) is 19.7 Å². The molecule has 1 N–H and O–H groups in total. The number of nitrogens with one attached hydrogen (secondary N) is 1. The van der Waals surface area contributed by atoms with Crippen LogP contribution in [0.3, 0.4) is 0 Å². The second kappa shape index (κ2) is 7.51. The summed E-state index contributed by atoms with van der Waals surface area (Å²) in [5.74, 6) is 0.868. The number of benzene rings is 1. The van der Waals surface area contributed by atoms with Gasteiger partial charge < -0.3 is 10.1 Å². The summed E-state index contributed by atoms with van der Waals surface area (Å²) in [6.07, 6.45) is 1.14. The van der Waals surface area contributed by atoms with E-state index in [1.807, 2.05) is 18.2 Å². The summed E-state index contributed by atoms with van der Waals surface area (Å²) in [7, 11) is 0. The van der Waals surface area contributed by atoms with Gasteiger partial charge in [-0.3, -0.25) is 0 Å². The number of rotatable bonds is 7. The van der Waals surface area contributed by atoms with Gasteiger partial charge in [-0.05, 0) is 59.1 Å². The third-order valence-electron chi connectivity index (χ3n) is 2.32. The summed E-state index contributed by atoms with van der Waals surface area (Å²) in [6, 6.07) is 6.07. The molecule has 0 atom stereocenters. The highest BCUT2D eigenvalue weighted by atomic mass is 79.9. The first-order valence-corrected chi connectivity index (χ1v) is 6.69. The van der Waals surface area contributed by atoms with Gasteiger partial charge in [0.2, 0.25) is 0 Å². The zero-order valence-corrected chi connectivity index (χ0v) is 12.1. The first-order chi connectivity index (χ1) is 8.13. The van der Waals surface area contributed by atoms with Crippen molar-refractivity contribution in [3.8, 4) is 5.75 Å². The average Bonchev–Trinajstić information content (AvgIpc) is 2.28. The second-order valence-corrected chi connectivity index (χ2v) is 5.00. The Balaban J connectivity index is 2.37. The normalized spacial score (nSPS) is 10.3. The lowest BCUT2D eigenvalue weighted by molar-refractivity contribution is 0.346. The van der Waals surface area contributed by atoms with Crippen LogP contribution in [0, 0.1) is 6.92 Å². The van der Waals surface area contributed by atoms with Gasteiger partial charge in [0.25, 0.3) is 0 Å². The summed E-state index contributed by atoms with van der Waals surface area (Å²) in [6.45, 7) is 10.6. The van der Waals surface area contributed by atoms with E-state index in [4.69, 9.17) is 4.74 Å². The smallest absolute Gasteiger partial charge is 0.133 e. The summed E-state index contributed by atoms with van der Waals surface area (Å²) < 4.78 is 6.69. The molecule has 0 aromatic heterocycles. The van der Waals surface area contributed by atoms with Crippen LogP contribution in [0.15, 0.2) is 34.8 Å². The van der Waals surface area contributed by atoms with Crippen molar-refractivity contribution in [1.82, 2.24) is 5.32 Å². The van der Waals surface area contributed by atoms with Gasteiger partial charge in [0, 0.05) is 6.54 Å². The Morgan fingerprint density at radius 1 is 1.47 bits per heavy atom. The number of hydrogen-bond donors (Lipinski definition) is 1. The minimum atomic E-state index is 0.554. The van der Waals surface area contributed by atoms with Crippen molar-refractivity contribution in [2.45, 2.75) is 20.3 Å². The molecule has 2 nitrogen and oxygen atoms in total. The Labute approximate surface area is 112 Å². The van der Waals surface area contributed by atoms with Gasteiger partial charge in [0.05, 0.1) is 4.47 Å². The van der Waals surface area contributed by atoms with Gasteiger partial charge in [-0.1, -0.05) is 19.6 Å². The highest BCUT2D eigenvalue weighted by molar-refractivity contribution is 9.10. The largest absolute Gasteiger partial charge is 0.488 e. The monoisotopic (exact) mass is 297 g/mol. The third-order valence-corrected chi connectivity index (χ3v) is 2.94. The summed E-state index contributed by atoms with van der Waals surface area (Å²) in [5, 5.41) is 3.30. The van der Waals surface area contributed by atoms with Gasteiger partial charge in [-0.15, -0.1) is 0 Å². The molecule has 1 aromatic rings. The molecule has 17 heavy (non-hydrogen) atoms. The van der Waals surface area contributed by atoms with Gasteiger partial charge in [-0.25, -0.2) is 0 Å². The van der Waals surface area contributed by atoms with Crippen LogP contribution in [0.25, 0.3) is 0 Å². The van der Waals surface area contributed by atoms with Gasteiger partial charge >= 0.3 is 0 Å². The summed E-state index contributed by atoms with van der Waals surface area (Å²) in [5.41, 5.74) is 2.28. The van der Waals surface area contributed by atoms with E-state index in [2.05, 4.69) is 41.7 Å². The Bertz CT molecular complexity index is 376. The molecule has 0 heterocycles. The third kappa shape index (κ3) is 5.37. The molecule has 0 amide bonds. The highest BCUT2D eigenvalue weighted by Crippen LogP contribution is 2.25. The number of ether oxygens (including phenoxy) is 1. The molecule has 1 aromatic carbocycles. The fourth-order valence-electron chi connectivity index (χ4n) is 1.40. The summed E-state index contributed by atoms with van der Waals surface area (Å²) >= 11 is 3.49. The van der Waals surface area contributed by atoms with Crippen LogP contribution >= 0.6 is 15.9 Å². The van der Waals surface area contributed by atoms with Crippen molar-refractivity contribution in [3.05, 3.63) is 40.4 Å². The van der Waals surface area contributed by atoms with Crippen molar-refractivity contribution < 1.29 is 4.74 Å². The molecule has 0 unspecified atom stereocenters. The summed E-state index contributed by atoms with van der Waals surface area (Å²) in [4.78, 5) is 0. The van der Waals surface area contributed by atoms with Crippen LogP contribution < -0.4 is 10.1 Å². The molecule has 0 aliphatic carbocycles. The van der Waals surface area contributed by atoms with E-state index >= 15 is 0 Å². The maximum atomic E-state index is 5.70. The van der Waals surface area contributed by atoms with Crippen molar-refractivity contribution in [2.75, 3.05) is 19.7 Å². The zero-order valence-electron chi connectivity index (χ0n) is 10.6. The second-order valence-electron chi connectivity index (χ2n) is 4.15. The molecule has 1 rings (SSSR count). The molecule has 0 bridgehead atoms. The SMILES string of the molecule is C=C(CNCCC)COc1ccc(C)cc1Br. The number of halogens is 1. The molecule has 0 fully saturated rings. The van der Waals surface area contributed by atoms with Crippen LogP contribution in [-0.2, 0) is 0 Å². The lowest BCUT2D eigenvalue weighted by Crippen LogP contribution is -2.20. The van der Waals surface area contributed by atoms with E-state index in [0.717, 1.165) is 35.3 Å². The molecule has 0 radical (unpaired) electrons. The fraction of sp³-hybridized carbons (Fsp3) is 0.429. The first kappa shape index (κ1) is 14.3. The zero-order chi connectivity index (χ0) is 12.7. The molecule has 94 valence electrons. The van der Waals surface area contributed by atoms with Crippen LogP contribution in [0.4, 0.5) is 0 Å². The molecule has 0 saturated heterocycles. The molecule has 3 heteroatoms. The molecule has 0 spiro atoms. The molecule has 0 saturated carbocycles. The first-order valence-electron chi connectivity index (χ1n) is 5.89.